The molecule has 0 radical (unpaired) electrons. The summed E-state index contributed by atoms with van der Waals surface area (Å²) in [6, 6.07) is 2.50. The highest BCUT2D eigenvalue weighted by Gasteiger charge is 2.43. The Morgan fingerprint density at radius 3 is 2.48 bits per heavy atom. The molecule has 1 aliphatic rings. The number of hydrogen-bond acceptors (Lipinski definition) is 3. The van der Waals surface area contributed by atoms with E-state index in [9.17, 15) is 0 Å². The lowest BCUT2D eigenvalue weighted by Gasteiger charge is -2.47. The number of nitrogens with one attached hydrogen (secondary N) is 1. The van der Waals surface area contributed by atoms with Crippen LogP contribution in [0.5, 0.6) is 0 Å². The Morgan fingerprint density at radius 2 is 2.00 bits per heavy atom. The SMILES string of the molecule is CNC(CCc1ccnn1C)C1(OC)CCC(C)(C)CC1. The summed E-state index contributed by atoms with van der Waals surface area (Å²) >= 11 is 0. The minimum Gasteiger partial charge on any atom is -0.377 e. The van der Waals surface area contributed by atoms with Crippen LogP contribution in [0.25, 0.3) is 0 Å². The van der Waals surface area contributed by atoms with Gasteiger partial charge < -0.3 is 10.1 Å². The molecule has 1 aliphatic carbocycles. The molecule has 21 heavy (non-hydrogen) atoms. The van der Waals surface area contributed by atoms with Crippen molar-refractivity contribution in [2.75, 3.05) is 14.2 Å². The molecular formula is C17H31N3O. The van der Waals surface area contributed by atoms with Gasteiger partial charge in [0.25, 0.3) is 0 Å². The van der Waals surface area contributed by atoms with Crippen LogP contribution >= 0.6 is 0 Å². The van der Waals surface area contributed by atoms with Gasteiger partial charge in [0.05, 0.1) is 5.60 Å². The molecule has 1 fully saturated rings. The minimum absolute atomic E-state index is 0.0110. The summed E-state index contributed by atoms with van der Waals surface area (Å²) in [5, 5.41) is 7.77. The van der Waals surface area contributed by atoms with Crippen molar-refractivity contribution in [1.82, 2.24) is 15.1 Å². The van der Waals surface area contributed by atoms with Gasteiger partial charge in [-0.15, -0.1) is 0 Å². The summed E-state index contributed by atoms with van der Waals surface area (Å²) in [5.74, 6) is 0. The highest BCUT2D eigenvalue weighted by Crippen LogP contribution is 2.44. The van der Waals surface area contributed by atoms with Crippen LogP contribution in [-0.4, -0.2) is 35.6 Å². The molecule has 0 saturated heterocycles. The zero-order chi connectivity index (χ0) is 15.5. The molecule has 1 atom stereocenters. The summed E-state index contributed by atoms with van der Waals surface area (Å²) < 4.78 is 8.01. The molecule has 1 heterocycles. The number of nitrogens with zero attached hydrogens (tertiary/aromatic N) is 2. The standard InChI is InChI=1S/C17H31N3O/c1-16(2)9-11-17(21-5,12-10-16)15(18-3)7-6-14-8-13-19-20(14)4/h8,13,15,18H,6-7,9-12H2,1-5H3. The molecule has 1 aromatic rings. The molecule has 0 amide bonds. The zero-order valence-corrected chi connectivity index (χ0v) is 14.3. The van der Waals surface area contributed by atoms with Crippen molar-refractivity contribution in [1.29, 1.82) is 0 Å². The van der Waals surface area contributed by atoms with Gasteiger partial charge in [-0.3, -0.25) is 4.68 Å². The Morgan fingerprint density at radius 1 is 1.33 bits per heavy atom. The normalized spacial score (nSPS) is 22.1. The minimum atomic E-state index is -0.0110. The summed E-state index contributed by atoms with van der Waals surface area (Å²) in [6.45, 7) is 4.74. The van der Waals surface area contributed by atoms with Gasteiger partial charge in [-0.05, 0) is 57.1 Å². The lowest BCUT2D eigenvalue weighted by molar-refractivity contribution is -0.0864. The van der Waals surface area contributed by atoms with E-state index in [1.807, 2.05) is 25.0 Å². The fourth-order valence-electron chi connectivity index (χ4n) is 3.65. The Hall–Kier alpha value is -0.870. The first-order valence-corrected chi connectivity index (χ1v) is 8.12. The topological polar surface area (TPSA) is 39.1 Å². The van der Waals surface area contributed by atoms with E-state index in [4.69, 9.17) is 4.74 Å². The number of likely N-dealkylation sites (N-methyl/N-ethyl adjacent to an activating group) is 1. The van der Waals surface area contributed by atoms with Crippen LogP contribution in [0.15, 0.2) is 12.3 Å². The van der Waals surface area contributed by atoms with Crippen molar-refractivity contribution in [3.63, 3.8) is 0 Å². The zero-order valence-electron chi connectivity index (χ0n) is 14.3. The molecule has 0 spiro atoms. The molecule has 1 N–H and O–H groups in total. The van der Waals surface area contributed by atoms with Crippen molar-refractivity contribution in [2.24, 2.45) is 12.5 Å². The number of aryl methyl sites for hydroxylation is 2. The predicted octanol–water partition coefficient (Wildman–Crippen LogP) is 2.93. The molecule has 2 rings (SSSR count). The van der Waals surface area contributed by atoms with Crippen LogP contribution in [0.3, 0.4) is 0 Å². The highest BCUT2D eigenvalue weighted by molar-refractivity contribution is 5.04. The first-order valence-electron chi connectivity index (χ1n) is 8.12. The lowest BCUT2D eigenvalue weighted by atomic mass is 9.68. The fraction of sp³-hybridized carbons (Fsp3) is 0.824. The average molecular weight is 293 g/mol. The molecular weight excluding hydrogens is 262 g/mol. The van der Waals surface area contributed by atoms with Crippen molar-refractivity contribution in [3.8, 4) is 0 Å². The quantitative estimate of drug-likeness (QED) is 0.876. The van der Waals surface area contributed by atoms with E-state index < -0.39 is 0 Å². The smallest absolute Gasteiger partial charge is 0.0831 e. The second-order valence-electron chi connectivity index (χ2n) is 7.26. The number of ether oxygens (including phenoxy) is 1. The van der Waals surface area contributed by atoms with Gasteiger partial charge in [0.2, 0.25) is 0 Å². The molecule has 1 saturated carbocycles. The Bertz CT molecular complexity index is 443. The Labute approximate surface area is 129 Å². The van der Waals surface area contributed by atoms with Gasteiger partial charge in [-0.2, -0.15) is 5.10 Å². The Balaban J connectivity index is 2.02. The van der Waals surface area contributed by atoms with E-state index in [2.05, 4.69) is 37.4 Å². The largest absolute Gasteiger partial charge is 0.377 e. The summed E-state index contributed by atoms with van der Waals surface area (Å²) in [6.07, 6.45) is 8.77. The van der Waals surface area contributed by atoms with Crippen LogP contribution in [-0.2, 0) is 18.2 Å². The maximum atomic E-state index is 6.04. The number of rotatable bonds is 6. The van der Waals surface area contributed by atoms with Gasteiger partial charge >= 0.3 is 0 Å². The van der Waals surface area contributed by atoms with Crippen LogP contribution in [0.4, 0.5) is 0 Å². The predicted molar refractivity (Wildman–Crippen MR) is 86.4 cm³/mol. The van der Waals surface area contributed by atoms with Crippen molar-refractivity contribution in [3.05, 3.63) is 18.0 Å². The van der Waals surface area contributed by atoms with Crippen molar-refractivity contribution < 1.29 is 4.74 Å². The second-order valence-corrected chi connectivity index (χ2v) is 7.26. The first kappa shape index (κ1) is 16.5. The summed E-state index contributed by atoms with van der Waals surface area (Å²) in [4.78, 5) is 0. The van der Waals surface area contributed by atoms with Gasteiger partial charge in [-0.25, -0.2) is 0 Å². The van der Waals surface area contributed by atoms with Crippen LogP contribution in [0.2, 0.25) is 0 Å². The monoisotopic (exact) mass is 293 g/mol. The van der Waals surface area contributed by atoms with E-state index in [1.54, 1.807) is 0 Å². The number of hydrogen-bond donors (Lipinski definition) is 1. The fourth-order valence-corrected chi connectivity index (χ4v) is 3.65. The third-order valence-electron chi connectivity index (χ3n) is 5.45. The molecule has 4 nitrogen and oxygen atoms in total. The molecule has 1 aromatic heterocycles. The molecule has 0 aromatic carbocycles. The number of methoxy groups -OCH3 is 1. The van der Waals surface area contributed by atoms with Gasteiger partial charge in [0.1, 0.15) is 0 Å². The van der Waals surface area contributed by atoms with E-state index in [0.717, 1.165) is 25.7 Å². The van der Waals surface area contributed by atoms with Gasteiger partial charge in [0.15, 0.2) is 0 Å². The third-order valence-corrected chi connectivity index (χ3v) is 5.45. The van der Waals surface area contributed by atoms with E-state index in [-0.39, 0.29) is 5.60 Å². The summed E-state index contributed by atoms with van der Waals surface area (Å²) in [7, 11) is 5.96. The highest BCUT2D eigenvalue weighted by atomic mass is 16.5. The van der Waals surface area contributed by atoms with Crippen molar-refractivity contribution >= 4 is 0 Å². The molecule has 120 valence electrons. The molecule has 4 heteroatoms. The van der Waals surface area contributed by atoms with Crippen LogP contribution in [0, 0.1) is 5.41 Å². The maximum absolute atomic E-state index is 6.04. The third kappa shape index (κ3) is 3.67. The summed E-state index contributed by atoms with van der Waals surface area (Å²) in [5.41, 5.74) is 1.74. The van der Waals surface area contributed by atoms with E-state index in [0.29, 0.717) is 11.5 Å². The van der Waals surface area contributed by atoms with Crippen molar-refractivity contribution in [2.45, 2.75) is 64.0 Å². The number of aromatic nitrogens is 2. The molecule has 0 aliphatic heterocycles. The van der Waals surface area contributed by atoms with E-state index >= 15 is 0 Å². The van der Waals surface area contributed by atoms with Gasteiger partial charge in [-0.1, -0.05) is 13.8 Å². The van der Waals surface area contributed by atoms with Crippen LogP contribution < -0.4 is 5.32 Å². The van der Waals surface area contributed by atoms with Gasteiger partial charge in [0, 0.05) is 32.1 Å². The first-order chi connectivity index (χ1) is 9.92. The lowest BCUT2D eigenvalue weighted by Crippen LogP contribution is -2.54. The van der Waals surface area contributed by atoms with E-state index in [1.165, 1.54) is 18.5 Å². The maximum Gasteiger partial charge on any atom is 0.0831 e. The molecule has 1 unspecified atom stereocenters. The molecule has 0 bridgehead atoms. The second kappa shape index (κ2) is 6.49. The van der Waals surface area contributed by atoms with Crippen LogP contribution in [0.1, 0.15) is 51.6 Å². The Kier molecular flexibility index (Phi) is 5.10. The average Bonchev–Trinajstić information content (AvgIpc) is 2.87.